The SMILES string of the molecule is O=C(O)c1cc(F)c(F)c(S(=O)(=O)Cc2nccs2)c1. The molecular formula is C11H7F2NO4S2. The number of hydrogen-bond acceptors (Lipinski definition) is 5. The van der Waals surface area contributed by atoms with E-state index in [2.05, 4.69) is 4.98 Å². The molecule has 0 spiro atoms. The van der Waals surface area contributed by atoms with E-state index in [1.165, 1.54) is 11.6 Å². The van der Waals surface area contributed by atoms with E-state index in [0.29, 0.717) is 12.1 Å². The predicted molar refractivity (Wildman–Crippen MR) is 66.3 cm³/mol. The summed E-state index contributed by atoms with van der Waals surface area (Å²) in [5.74, 6) is -5.28. The standard InChI is InChI=1S/C11H7F2NO4S2/c12-7-3-6(11(15)16)4-8(10(7)13)20(17,18)5-9-14-1-2-19-9/h1-4H,5H2,(H,15,16). The van der Waals surface area contributed by atoms with Crippen LogP contribution in [0, 0.1) is 11.6 Å². The number of carboxylic acid groups (broad SMARTS) is 1. The fraction of sp³-hybridized carbons (Fsp3) is 0.0909. The minimum Gasteiger partial charge on any atom is -0.478 e. The molecule has 0 fully saturated rings. The van der Waals surface area contributed by atoms with Gasteiger partial charge in [-0.2, -0.15) is 0 Å². The summed E-state index contributed by atoms with van der Waals surface area (Å²) in [7, 11) is -4.22. The van der Waals surface area contributed by atoms with Crippen molar-refractivity contribution in [3.63, 3.8) is 0 Å². The number of nitrogens with zero attached hydrogens (tertiary/aromatic N) is 1. The van der Waals surface area contributed by atoms with Crippen molar-refractivity contribution in [1.82, 2.24) is 4.98 Å². The van der Waals surface area contributed by atoms with Gasteiger partial charge in [-0.05, 0) is 12.1 Å². The molecule has 1 aromatic heterocycles. The Morgan fingerprint density at radius 1 is 1.35 bits per heavy atom. The summed E-state index contributed by atoms with van der Waals surface area (Å²) in [5.41, 5.74) is -0.637. The van der Waals surface area contributed by atoms with Crippen molar-refractivity contribution in [2.45, 2.75) is 10.6 Å². The average Bonchev–Trinajstić information content (AvgIpc) is 2.83. The maximum absolute atomic E-state index is 13.6. The number of rotatable bonds is 4. The topological polar surface area (TPSA) is 84.3 Å². The fourth-order valence-corrected chi connectivity index (χ4v) is 3.85. The second kappa shape index (κ2) is 5.25. The summed E-state index contributed by atoms with van der Waals surface area (Å²) >= 11 is 1.04. The molecule has 0 radical (unpaired) electrons. The molecule has 0 aliphatic heterocycles. The first-order chi connectivity index (χ1) is 9.31. The Morgan fingerprint density at radius 3 is 2.60 bits per heavy atom. The van der Waals surface area contributed by atoms with E-state index < -0.39 is 43.7 Å². The molecule has 1 aromatic carbocycles. The third-order valence-corrected chi connectivity index (χ3v) is 4.96. The van der Waals surface area contributed by atoms with Crippen molar-refractivity contribution in [1.29, 1.82) is 0 Å². The van der Waals surface area contributed by atoms with Crippen LogP contribution in [0.4, 0.5) is 8.78 Å². The quantitative estimate of drug-likeness (QED) is 0.933. The molecule has 1 heterocycles. The van der Waals surface area contributed by atoms with Gasteiger partial charge in [0.2, 0.25) is 0 Å². The van der Waals surface area contributed by atoms with Crippen LogP contribution in [0.5, 0.6) is 0 Å². The van der Waals surface area contributed by atoms with Gasteiger partial charge in [0.15, 0.2) is 21.5 Å². The number of aromatic nitrogens is 1. The van der Waals surface area contributed by atoms with Gasteiger partial charge in [0, 0.05) is 11.6 Å². The van der Waals surface area contributed by atoms with Gasteiger partial charge in [-0.15, -0.1) is 11.3 Å². The van der Waals surface area contributed by atoms with Gasteiger partial charge in [-0.1, -0.05) is 0 Å². The molecule has 0 bridgehead atoms. The molecule has 2 rings (SSSR count). The van der Waals surface area contributed by atoms with E-state index in [4.69, 9.17) is 5.11 Å². The van der Waals surface area contributed by atoms with Crippen molar-refractivity contribution in [2.75, 3.05) is 0 Å². The Kier molecular flexibility index (Phi) is 3.82. The first-order valence-corrected chi connectivity index (χ1v) is 7.68. The van der Waals surface area contributed by atoms with Gasteiger partial charge in [0.1, 0.15) is 15.7 Å². The van der Waals surface area contributed by atoms with Crippen LogP contribution in [0.1, 0.15) is 15.4 Å². The summed E-state index contributed by atoms with van der Waals surface area (Å²) in [4.78, 5) is 13.5. The van der Waals surface area contributed by atoms with Crippen LogP contribution in [0.2, 0.25) is 0 Å². The second-order valence-corrected chi connectivity index (χ2v) is 6.70. The maximum Gasteiger partial charge on any atom is 0.335 e. The van der Waals surface area contributed by atoms with Crippen molar-refractivity contribution in [3.8, 4) is 0 Å². The lowest BCUT2D eigenvalue weighted by Crippen LogP contribution is -2.11. The highest BCUT2D eigenvalue weighted by Gasteiger charge is 2.25. The zero-order valence-corrected chi connectivity index (χ0v) is 11.3. The Morgan fingerprint density at radius 2 is 2.05 bits per heavy atom. The van der Waals surface area contributed by atoms with Gasteiger partial charge in [-0.3, -0.25) is 0 Å². The molecular weight excluding hydrogens is 312 g/mol. The molecule has 0 amide bonds. The first-order valence-electron chi connectivity index (χ1n) is 5.15. The first kappa shape index (κ1) is 14.5. The summed E-state index contributed by atoms with van der Waals surface area (Å²) in [6.07, 6.45) is 1.38. The lowest BCUT2D eigenvalue weighted by atomic mass is 10.2. The zero-order chi connectivity index (χ0) is 14.9. The average molecular weight is 319 g/mol. The van der Waals surface area contributed by atoms with Crippen LogP contribution in [-0.2, 0) is 15.6 Å². The third kappa shape index (κ3) is 2.83. The molecule has 2 aromatic rings. The van der Waals surface area contributed by atoms with Crippen LogP contribution in [0.3, 0.4) is 0 Å². The Bertz CT molecular complexity index is 757. The van der Waals surface area contributed by atoms with Crippen LogP contribution >= 0.6 is 11.3 Å². The minimum absolute atomic E-state index is 0.200. The van der Waals surface area contributed by atoms with Gasteiger partial charge in [0.05, 0.1) is 5.56 Å². The van der Waals surface area contributed by atoms with E-state index in [0.717, 1.165) is 11.3 Å². The molecule has 0 unspecified atom stereocenters. The lowest BCUT2D eigenvalue weighted by molar-refractivity contribution is 0.0696. The highest BCUT2D eigenvalue weighted by atomic mass is 32.2. The molecule has 1 N–H and O–H groups in total. The third-order valence-electron chi connectivity index (χ3n) is 2.37. The van der Waals surface area contributed by atoms with Gasteiger partial charge in [0.25, 0.3) is 0 Å². The van der Waals surface area contributed by atoms with E-state index in [1.807, 2.05) is 0 Å². The summed E-state index contributed by atoms with van der Waals surface area (Å²) in [6.45, 7) is 0. The van der Waals surface area contributed by atoms with Crippen LogP contribution in [0.25, 0.3) is 0 Å². The van der Waals surface area contributed by atoms with Gasteiger partial charge >= 0.3 is 5.97 Å². The monoisotopic (exact) mass is 319 g/mol. The summed E-state index contributed by atoms with van der Waals surface area (Å²) in [5, 5.41) is 10.5. The number of carboxylic acids is 1. The molecule has 0 aliphatic rings. The van der Waals surface area contributed by atoms with E-state index in [-0.39, 0.29) is 5.01 Å². The number of halogens is 2. The predicted octanol–water partition coefficient (Wildman–Crippen LogP) is 2.09. The number of hydrogen-bond donors (Lipinski definition) is 1. The van der Waals surface area contributed by atoms with E-state index >= 15 is 0 Å². The molecule has 0 atom stereocenters. The fourth-order valence-electron chi connectivity index (χ4n) is 1.48. The Balaban J connectivity index is 2.53. The molecule has 0 saturated heterocycles. The smallest absolute Gasteiger partial charge is 0.335 e. The number of thiazole rings is 1. The largest absolute Gasteiger partial charge is 0.478 e. The van der Waals surface area contributed by atoms with Crippen molar-refractivity contribution in [3.05, 3.63) is 45.9 Å². The van der Waals surface area contributed by atoms with E-state index in [9.17, 15) is 22.0 Å². The number of carbonyl (C=O) groups is 1. The molecule has 5 nitrogen and oxygen atoms in total. The molecule has 0 saturated carbocycles. The molecule has 20 heavy (non-hydrogen) atoms. The highest BCUT2D eigenvalue weighted by Crippen LogP contribution is 2.24. The van der Waals surface area contributed by atoms with Crippen molar-refractivity contribution < 1.29 is 27.1 Å². The van der Waals surface area contributed by atoms with Crippen LogP contribution < -0.4 is 0 Å². The summed E-state index contributed by atoms with van der Waals surface area (Å²) < 4.78 is 50.9. The van der Waals surface area contributed by atoms with Crippen molar-refractivity contribution in [2.24, 2.45) is 0 Å². The van der Waals surface area contributed by atoms with Crippen LogP contribution in [0.15, 0.2) is 28.6 Å². The molecule has 0 aliphatic carbocycles. The zero-order valence-electron chi connectivity index (χ0n) is 9.71. The van der Waals surface area contributed by atoms with E-state index in [1.54, 1.807) is 0 Å². The second-order valence-electron chi connectivity index (χ2n) is 3.76. The highest BCUT2D eigenvalue weighted by molar-refractivity contribution is 7.90. The maximum atomic E-state index is 13.6. The Labute approximate surface area is 116 Å². The minimum atomic E-state index is -4.22. The Hall–Kier alpha value is -1.87. The van der Waals surface area contributed by atoms with Crippen LogP contribution in [-0.4, -0.2) is 24.5 Å². The number of benzene rings is 1. The van der Waals surface area contributed by atoms with Crippen molar-refractivity contribution >= 4 is 27.1 Å². The number of aromatic carboxylic acids is 1. The van der Waals surface area contributed by atoms with Gasteiger partial charge in [-0.25, -0.2) is 27.0 Å². The number of sulfone groups is 1. The normalized spacial score (nSPS) is 11.5. The molecule has 106 valence electrons. The molecule has 9 heteroatoms. The summed E-state index contributed by atoms with van der Waals surface area (Å²) in [6, 6.07) is 1.03. The lowest BCUT2D eigenvalue weighted by Gasteiger charge is -2.06. The van der Waals surface area contributed by atoms with Gasteiger partial charge < -0.3 is 5.11 Å².